The second kappa shape index (κ2) is 3.43. The minimum atomic E-state index is -0.281. The van der Waals surface area contributed by atoms with E-state index in [4.69, 9.17) is 11.6 Å². The molecule has 1 aromatic carbocycles. The molecule has 13 heavy (non-hydrogen) atoms. The monoisotopic (exact) mass is 193 g/mol. The van der Waals surface area contributed by atoms with Crippen LogP contribution in [0.2, 0.25) is 0 Å². The molecule has 0 saturated carbocycles. The quantitative estimate of drug-likeness (QED) is 0.383. The number of nitrogens with two attached hydrogens (primary N) is 2. The average molecular weight is 193 g/mol. The molecular formula is C9H11N3S. The number of hydrogen-bond donors (Lipinski definition) is 3. The van der Waals surface area contributed by atoms with Crippen LogP contribution in [0.25, 0.3) is 10.1 Å². The van der Waals surface area contributed by atoms with Crippen molar-refractivity contribution in [2.75, 3.05) is 0 Å². The van der Waals surface area contributed by atoms with E-state index in [1.54, 1.807) is 11.3 Å². The van der Waals surface area contributed by atoms with Crippen LogP contribution in [0.4, 0.5) is 0 Å². The summed E-state index contributed by atoms with van der Waals surface area (Å²) in [4.78, 5) is 0. The standard InChI is InChI=1S/C9H11N3S/c10-9(12-11)7-5-13-8-4-2-1-3-6(7)8/h1-5,9,12H,10-11H2. The summed E-state index contributed by atoms with van der Waals surface area (Å²) in [7, 11) is 0. The molecule has 0 spiro atoms. The summed E-state index contributed by atoms with van der Waals surface area (Å²) in [5.74, 6) is 5.28. The molecule has 0 amide bonds. The molecule has 3 nitrogen and oxygen atoms in total. The Hall–Kier alpha value is -0.940. The highest BCUT2D eigenvalue weighted by Gasteiger charge is 2.08. The van der Waals surface area contributed by atoms with Crippen LogP contribution >= 0.6 is 11.3 Å². The molecular weight excluding hydrogens is 182 g/mol. The van der Waals surface area contributed by atoms with Crippen LogP contribution in [-0.4, -0.2) is 0 Å². The van der Waals surface area contributed by atoms with Crippen LogP contribution < -0.4 is 17.0 Å². The van der Waals surface area contributed by atoms with Crippen molar-refractivity contribution in [3.05, 3.63) is 35.2 Å². The van der Waals surface area contributed by atoms with E-state index in [0.717, 1.165) is 5.56 Å². The lowest BCUT2D eigenvalue weighted by molar-refractivity contribution is 0.582. The van der Waals surface area contributed by atoms with Crippen molar-refractivity contribution in [2.45, 2.75) is 6.17 Å². The van der Waals surface area contributed by atoms with Gasteiger partial charge in [-0.25, -0.2) is 5.43 Å². The zero-order chi connectivity index (χ0) is 9.26. The zero-order valence-electron chi connectivity index (χ0n) is 7.03. The van der Waals surface area contributed by atoms with Crippen molar-refractivity contribution in [1.29, 1.82) is 0 Å². The second-order valence-electron chi connectivity index (χ2n) is 2.83. The van der Waals surface area contributed by atoms with Crippen LogP contribution in [0, 0.1) is 0 Å². The minimum absolute atomic E-state index is 0.281. The van der Waals surface area contributed by atoms with Gasteiger partial charge in [0.15, 0.2) is 0 Å². The third-order valence-electron chi connectivity index (χ3n) is 2.03. The molecule has 4 heteroatoms. The zero-order valence-corrected chi connectivity index (χ0v) is 7.84. The molecule has 1 heterocycles. The Balaban J connectivity index is 2.57. The Morgan fingerprint density at radius 2 is 2.08 bits per heavy atom. The van der Waals surface area contributed by atoms with E-state index in [-0.39, 0.29) is 6.17 Å². The number of thiophene rings is 1. The Morgan fingerprint density at radius 1 is 1.31 bits per heavy atom. The molecule has 0 aliphatic rings. The summed E-state index contributed by atoms with van der Waals surface area (Å²) in [6, 6.07) is 8.15. The first-order chi connectivity index (χ1) is 6.33. The fourth-order valence-corrected chi connectivity index (χ4v) is 2.33. The normalized spacial score (nSPS) is 13.4. The minimum Gasteiger partial charge on any atom is -0.311 e. The lowest BCUT2D eigenvalue weighted by atomic mass is 10.1. The molecule has 2 rings (SSSR count). The SMILES string of the molecule is NNC(N)c1csc2ccccc12. The van der Waals surface area contributed by atoms with Crippen molar-refractivity contribution < 1.29 is 0 Å². The highest BCUT2D eigenvalue weighted by molar-refractivity contribution is 7.17. The Bertz CT molecular complexity index is 410. The van der Waals surface area contributed by atoms with Gasteiger partial charge in [0, 0.05) is 10.3 Å². The van der Waals surface area contributed by atoms with Crippen LogP contribution in [0.15, 0.2) is 29.6 Å². The summed E-state index contributed by atoms with van der Waals surface area (Å²) < 4.78 is 1.24. The van der Waals surface area contributed by atoms with Crippen LogP contribution in [0.1, 0.15) is 11.7 Å². The number of fused-ring (bicyclic) bond motifs is 1. The van der Waals surface area contributed by atoms with Crippen LogP contribution in [-0.2, 0) is 0 Å². The molecule has 0 aliphatic carbocycles. The van der Waals surface area contributed by atoms with Gasteiger partial charge in [0.2, 0.25) is 0 Å². The average Bonchev–Trinajstić information content (AvgIpc) is 2.60. The van der Waals surface area contributed by atoms with Gasteiger partial charge in [-0.3, -0.25) is 5.84 Å². The van der Waals surface area contributed by atoms with Crippen molar-refractivity contribution >= 4 is 21.4 Å². The van der Waals surface area contributed by atoms with E-state index in [1.807, 2.05) is 17.5 Å². The second-order valence-corrected chi connectivity index (χ2v) is 3.74. The van der Waals surface area contributed by atoms with Gasteiger partial charge in [-0.2, -0.15) is 0 Å². The molecule has 0 fully saturated rings. The summed E-state index contributed by atoms with van der Waals surface area (Å²) in [6.45, 7) is 0. The predicted molar refractivity (Wildman–Crippen MR) is 56.1 cm³/mol. The van der Waals surface area contributed by atoms with Gasteiger partial charge in [-0.15, -0.1) is 11.3 Å². The van der Waals surface area contributed by atoms with Gasteiger partial charge in [0.25, 0.3) is 0 Å². The van der Waals surface area contributed by atoms with Gasteiger partial charge in [-0.05, 0) is 16.8 Å². The van der Waals surface area contributed by atoms with Gasteiger partial charge in [0.1, 0.15) is 0 Å². The highest BCUT2D eigenvalue weighted by atomic mass is 32.1. The number of hydrazine groups is 1. The first-order valence-corrected chi connectivity index (χ1v) is 4.88. The van der Waals surface area contributed by atoms with E-state index < -0.39 is 0 Å². The molecule has 0 bridgehead atoms. The fraction of sp³-hybridized carbons (Fsp3) is 0.111. The third kappa shape index (κ3) is 1.45. The number of benzene rings is 1. The maximum Gasteiger partial charge on any atom is 0.0950 e. The van der Waals surface area contributed by atoms with Gasteiger partial charge in [0.05, 0.1) is 6.17 Å². The molecule has 0 aliphatic heterocycles. The third-order valence-corrected chi connectivity index (χ3v) is 3.01. The predicted octanol–water partition coefficient (Wildman–Crippen LogP) is 1.32. The summed E-state index contributed by atoms with van der Waals surface area (Å²) in [5, 5.41) is 3.22. The summed E-state index contributed by atoms with van der Waals surface area (Å²) in [6.07, 6.45) is -0.281. The topological polar surface area (TPSA) is 64.1 Å². The fourth-order valence-electron chi connectivity index (χ4n) is 1.33. The van der Waals surface area contributed by atoms with Crippen LogP contribution in [0.5, 0.6) is 0 Å². The largest absolute Gasteiger partial charge is 0.311 e. The molecule has 1 atom stereocenters. The van der Waals surface area contributed by atoms with E-state index in [0.29, 0.717) is 0 Å². The Kier molecular flexibility index (Phi) is 2.28. The Morgan fingerprint density at radius 3 is 2.85 bits per heavy atom. The maximum absolute atomic E-state index is 5.78. The summed E-state index contributed by atoms with van der Waals surface area (Å²) in [5.41, 5.74) is 9.38. The molecule has 1 aromatic heterocycles. The molecule has 0 radical (unpaired) electrons. The van der Waals surface area contributed by atoms with Crippen molar-refractivity contribution in [3.8, 4) is 0 Å². The van der Waals surface area contributed by atoms with Gasteiger partial charge in [-0.1, -0.05) is 18.2 Å². The molecule has 0 saturated heterocycles. The van der Waals surface area contributed by atoms with Crippen LogP contribution in [0.3, 0.4) is 0 Å². The number of rotatable bonds is 2. The van der Waals surface area contributed by atoms with E-state index in [9.17, 15) is 0 Å². The number of hydrogen-bond acceptors (Lipinski definition) is 4. The molecule has 1 unspecified atom stereocenters. The van der Waals surface area contributed by atoms with Crippen molar-refractivity contribution in [3.63, 3.8) is 0 Å². The molecule has 5 N–H and O–H groups in total. The lowest BCUT2D eigenvalue weighted by Crippen LogP contribution is -2.33. The van der Waals surface area contributed by atoms with E-state index >= 15 is 0 Å². The lowest BCUT2D eigenvalue weighted by Gasteiger charge is -2.07. The maximum atomic E-state index is 5.78. The molecule has 2 aromatic rings. The Labute approximate surface area is 80.3 Å². The highest BCUT2D eigenvalue weighted by Crippen LogP contribution is 2.27. The van der Waals surface area contributed by atoms with Crippen molar-refractivity contribution in [2.24, 2.45) is 11.6 Å². The first-order valence-electron chi connectivity index (χ1n) is 4.01. The van der Waals surface area contributed by atoms with Gasteiger partial charge < -0.3 is 5.73 Å². The van der Waals surface area contributed by atoms with E-state index in [2.05, 4.69) is 17.6 Å². The molecule has 68 valence electrons. The first kappa shape index (κ1) is 8.65. The van der Waals surface area contributed by atoms with Gasteiger partial charge >= 0.3 is 0 Å². The smallest absolute Gasteiger partial charge is 0.0950 e. The number of nitrogens with one attached hydrogen (secondary N) is 1. The van der Waals surface area contributed by atoms with Crippen molar-refractivity contribution in [1.82, 2.24) is 5.43 Å². The summed E-state index contributed by atoms with van der Waals surface area (Å²) >= 11 is 1.68. The van der Waals surface area contributed by atoms with E-state index in [1.165, 1.54) is 10.1 Å².